The van der Waals surface area contributed by atoms with Gasteiger partial charge in [0.2, 0.25) is 6.79 Å². The second-order valence-corrected chi connectivity index (χ2v) is 5.84. The third-order valence-corrected chi connectivity index (χ3v) is 4.11. The van der Waals surface area contributed by atoms with Crippen LogP contribution in [0.3, 0.4) is 0 Å². The molecule has 0 saturated heterocycles. The van der Waals surface area contributed by atoms with Crippen molar-refractivity contribution < 1.29 is 14.4 Å². The maximum Gasteiger partial charge on any atom is 0.282 e. The minimum absolute atomic E-state index is 0.0381. The molecule has 0 bridgehead atoms. The van der Waals surface area contributed by atoms with Crippen molar-refractivity contribution in [2.45, 2.75) is 0 Å². The third-order valence-electron chi connectivity index (χ3n) is 3.83. The van der Waals surface area contributed by atoms with E-state index in [1.54, 1.807) is 6.20 Å². The highest BCUT2D eigenvalue weighted by Gasteiger charge is 2.22. The summed E-state index contributed by atoms with van der Waals surface area (Å²) in [7, 11) is 0. The van der Waals surface area contributed by atoms with Crippen molar-refractivity contribution >= 4 is 24.1 Å². The first-order valence-corrected chi connectivity index (χ1v) is 8.02. The van der Waals surface area contributed by atoms with E-state index in [1.165, 1.54) is 23.0 Å². The number of aromatic amines is 1. The number of aromatic nitrogens is 2. The van der Waals surface area contributed by atoms with Gasteiger partial charge in [0.05, 0.1) is 34.7 Å². The fraction of sp³-hybridized carbons (Fsp3) is 0.0588. The van der Waals surface area contributed by atoms with Crippen LogP contribution in [-0.2, 0) is 0 Å². The Morgan fingerprint density at radius 1 is 1.23 bits per heavy atom. The number of benzene rings is 2. The summed E-state index contributed by atoms with van der Waals surface area (Å²) < 4.78 is 12.3. The molecule has 1 aliphatic rings. The van der Waals surface area contributed by atoms with Crippen molar-refractivity contribution in [1.29, 1.82) is 0 Å². The Bertz CT molecular complexity index is 1070. The summed E-state index contributed by atoms with van der Waals surface area (Å²) in [5, 5.41) is 15.5. The van der Waals surface area contributed by atoms with Crippen molar-refractivity contribution in [3.63, 3.8) is 0 Å². The number of nitro groups is 1. The van der Waals surface area contributed by atoms with E-state index in [0.717, 1.165) is 11.3 Å². The maximum atomic E-state index is 11.3. The average Bonchev–Trinajstić information content (AvgIpc) is 3.25. The summed E-state index contributed by atoms with van der Waals surface area (Å²) in [5.74, 6) is 0.790. The lowest BCUT2D eigenvalue weighted by atomic mass is 10.1. The van der Waals surface area contributed by atoms with Crippen molar-refractivity contribution in [3.05, 3.63) is 69.1 Å². The molecule has 8 nitrogen and oxygen atoms in total. The molecule has 0 radical (unpaired) electrons. The van der Waals surface area contributed by atoms with Gasteiger partial charge in [0.1, 0.15) is 0 Å². The highest BCUT2D eigenvalue weighted by Crippen LogP contribution is 2.37. The standard InChI is InChI=1S/C17H12N4O4S/c22-21(23)14-7-16-15(24-10-25-16)6-12(14)8-18-20-9-13(19-17(20)26)11-4-2-1-3-5-11/h1-9H,10H2,(H,19,26)/b18-8+. The van der Waals surface area contributed by atoms with Crippen LogP contribution in [0.15, 0.2) is 53.8 Å². The van der Waals surface area contributed by atoms with Gasteiger partial charge >= 0.3 is 0 Å². The van der Waals surface area contributed by atoms with Gasteiger partial charge in [0.25, 0.3) is 5.69 Å². The number of imidazole rings is 1. The Kier molecular flexibility index (Phi) is 3.98. The lowest BCUT2D eigenvalue weighted by Gasteiger charge is -2.00. The van der Waals surface area contributed by atoms with Crippen molar-refractivity contribution in [3.8, 4) is 22.8 Å². The van der Waals surface area contributed by atoms with Crippen molar-refractivity contribution in [2.75, 3.05) is 6.79 Å². The van der Waals surface area contributed by atoms with E-state index in [1.807, 2.05) is 30.3 Å². The van der Waals surface area contributed by atoms with Gasteiger partial charge in [0, 0.05) is 0 Å². The number of nitrogens with one attached hydrogen (secondary N) is 1. The van der Waals surface area contributed by atoms with Crippen LogP contribution in [0.4, 0.5) is 5.69 Å². The molecule has 130 valence electrons. The van der Waals surface area contributed by atoms with Crippen LogP contribution in [0, 0.1) is 14.9 Å². The molecule has 0 fully saturated rings. The van der Waals surface area contributed by atoms with Gasteiger partial charge in [-0.15, -0.1) is 0 Å². The number of fused-ring (bicyclic) bond motifs is 1. The lowest BCUT2D eigenvalue weighted by molar-refractivity contribution is -0.385. The number of ether oxygens (including phenoxy) is 2. The lowest BCUT2D eigenvalue weighted by Crippen LogP contribution is -1.96. The zero-order chi connectivity index (χ0) is 18.1. The molecular formula is C17H12N4O4S. The molecule has 2 aromatic carbocycles. The Hall–Kier alpha value is -3.46. The van der Waals surface area contributed by atoms with Crippen LogP contribution in [0.25, 0.3) is 11.3 Å². The van der Waals surface area contributed by atoms with Gasteiger partial charge < -0.3 is 14.5 Å². The molecule has 2 heterocycles. The molecule has 1 aliphatic heterocycles. The quantitative estimate of drug-likeness (QED) is 0.328. The van der Waals surface area contributed by atoms with Gasteiger partial charge in [-0.25, -0.2) is 4.68 Å². The van der Waals surface area contributed by atoms with Gasteiger partial charge in [-0.3, -0.25) is 10.1 Å². The first kappa shape index (κ1) is 16.0. The molecule has 0 atom stereocenters. The molecule has 3 aromatic rings. The zero-order valence-corrected chi connectivity index (χ0v) is 14.1. The van der Waals surface area contributed by atoms with Crippen molar-refractivity contribution in [1.82, 2.24) is 9.66 Å². The molecule has 0 aliphatic carbocycles. The fourth-order valence-corrected chi connectivity index (χ4v) is 2.78. The van der Waals surface area contributed by atoms with Crippen molar-refractivity contribution in [2.24, 2.45) is 5.10 Å². The van der Waals surface area contributed by atoms with Gasteiger partial charge in [-0.05, 0) is 23.8 Å². The Labute approximate surface area is 152 Å². The number of rotatable bonds is 4. The Balaban J connectivity index is 1.70. The summed E-state index contributed by atoms with van der Waals surface area (Å²) in [5.41, 5.74) is 1.93. The monoisotopic (exact) mass is 368 g/mol. The van der Waals surface area contributed by atoms with Crippen LogP contribution < -0.4 is 9.47 Å². The summed E-state index contributed by atoms with van der Waals surface area (Å²) >= 11 is 5.27. The smallest absolute Gasteiger partial charge is 0.282 e. The SMILES string of the molecule is O=[N+]([O-])c1cc2c(cc1/C=N/n1cc(-c3ccccc3)[nH]c1=S)OCO2. The number of nitro benzene ring substituents is 1. The number of hydrogen-bond acceptors (Lipinski definition) is 6. The molecule has 4 rings (SSSR count). The maximum absolute atomic E-state index is 11.3. The normalized spacial score (nSPS) is 12.6. The molecule has 0 spiro atoms. The van der Waals surface area contributed by atoms with Gasteiger partial charge in [-0.2, -0.15) is 5.10 Å². The van der Waals surface area contributed by atoms with E-state index in [2.05, 4.69) is 10.1 Å². The summed E-state index contributed by atoms with van der Waals surface area (Å²) in [6.07, 6.45) is 3.10. The Morgan fingerprint density at radius 3 is 2.69 bits per heavy atom. The topological polar surface area (TPSA) is 94.7 Å². The minimum atomic E-state index is -0.491. The molecule has 9 heteroatoms. The predicted molar refractivity (Wildman–Crippen MR) is 97.3 cm³/mol. The first-order chi connectivity index (χ1) is 12.6. The average molecular weight is 368 g/mol. The fourth-order valence-electron chi connectivity index (χ4n) is 2.57. The summed E-state index contributed by atoms with van der Waals surface area (Å²) in [4.78, 5) is 13.9. The minimum Gasteiger partial charge on any atom is -0.454 e. The number of hydrogen-bond donors (Lipinski definition) is 1. The summed E-state index contributed by atoms with van der Waals surface area (Å²) in [6, 6.07) is 12.5. The van der Waals surface area contributed by atoms with Gasteiger partial charge in [-0.1, -0.05) is 30.3 Å². The highest BCUT2D eigenvalue weighted by molar-refractivity contribution is 7.71. The highest BCUT2D eigenvalue weighted by atomic mass is 32.1. The Morgan fingerprint density at radius 2 is 1.96 bits per heavy atom. The predicted octanol–water partition coefficient (Wildman–Crippen LogP) is 3.73. The van der Waals surface area contributed by atoms with Crippen LogP contribution >= 0.6 is 12.2 Å². The summed E-state index contributed by atoms with van der Waals surface area (Å²) in [6.45, 7) is 0.0381. The van der Waals surface area contributed by atoms with Gasteiger partial charge in [0.15, 0.2) is 16.3 Å². The number of nitrogens with zero attached hydrogens (tertiary/aromatic N) is 3. The molecule has 0 unspecified atom stereocenters. The van der Waals surface area contributed by atoms with Crippen LogP contribution in [0.2, 0.25) is 0 Å². The molecule has 26 heavy (non-hydrogen) atoms. The van der Waals surface area contributed by atoms with E-state index in [9.17, 15) is 10.1 Å². The van der Waals surface area contributed by atoms with E-state index < -0.39 is 4.92 Å². The molecule has 0 amide bonds. The van der Waals surface area contributed by atoms with Crippen LogP contribution in [0.1, 0.15) is 5.56 Å². The van der Waals surface area contributed by atoms with E-state index >= 15 is 0 Å². The number of H-pyrrole nitrogens is 1. The molecule has 1 aromatic heterocycles. The first-order valence-electron chi connectivity index (χ1n) is 7.61. The second kappa shape index (κ2) is 6.45. The van der Waals surface area contributed by atoms with E-state index in [0.29, 0.717) is 21.8 Å². The zero-order valence-electron chi connectivity index (χ0n) is 13.3. The largest absolute Gasteiger partial charge is 0.454 e. The van der Waals surface area contributed by atoms with E-state index in [-0.39, 0.29) is 12.5 Å². The molecular weight excluding hydrogens is 356 g/mol. The van der Waals surface area contributed by atoms with Crippen LogP contribution in [0.5, 0.6) is 11.5 Å². The second-order valence-electron chi connectivity index (χ2n) is 5.45. The molecule has 0 saturated carbocycles. The van der Waals surface area contributed by atoms with E-state index in [4.69, 9.17) is 21.7 Å². The third kappa shape index (κ3) is 2.95. The van der Waals surface area contributed by atoms with Crippen LogP contribution in [-0.4, -0.2) is 27.6 Å². The molecule has 1 N–H and O–H groups in total.